The number of hydrogen-bond acceptors (Lipinski definition) is 4. The highest BCUT2D eigenvalue weighted by Gasteiger charge is 2.36. The van der Waals surface area contributed by atoms with E-state index in [0.717, 1.165) is 18.4 Å². The van der Waals surface area contributed by atoms with Gasteiger partial charge in [-0.15, -0.1) is 0 Å². The molecule has 4 rings (SSSR count). The molecule has 0 aromatic heterocycles. The molecule has 0 spiro atoms. The van der Waals surface area contributed by atoms with Crippen LogP contribution in [0, 0.1) is 11.8 Å². The molecule has 1 heterocycles. The van der Waals surface area contributed by atoms with Crippen molar-refractivity contribution in [2.45, 2.75) is 37.0 Å². The molecule has 1 fully saturated rings. The fourth-order valence-electron chi connectivity index (χ4n) is 4.37. The number of fused-ring (bicyclic) bond motifs is 1. The number of sulfonamides is 1. The van der Waals surface area contributed by atoms with Crippen LogP contribution in [0.3, 0.4) is 0 Å². The summed E-state index contributed by atoms with van der Waals surface area (Å²) in [6.07, 6.45) is 3.37. The molecule has 0 unspecified atom stereocenters. The van der Waals surface area contributed by atoms with Crippen LogP contribution in [0.4, 0.5) is 11.4 Å². The minimum atomic E-state index is -3.69. The normalized spacial score (nSPS) is 21.1. The molecule has 30 heavy (non-hydrogen) atoms. The van der Waals surface area contributed by atoms with Crippen LogP contribution in [-0.2, 0) is 26.0 Å². The minimum Gasteiger partial charge on any atom is -0.481 e. The number of rotatable bonds is 5. The summed E-state index contributed by atoms with van der Waals surface area (Å²) in [5.74, 6) is -2.51. The molecule has 2 atom stereocenters. The highest BCUT2D eigenvalue weighted by atomic mass is 32.2. The number of aliphatic carboxylic acids is 1. The number of amides is 1. The first-order valence-electron chi connectivity index (χ1n) is 10.1. The second-order valence-electron chi connectivity index (χ2n) is 7.81. The van der Waals surface area contributed by atoms with E-state index in [4.69, 9.17) is 0 Å². The summed E-state index contributed by atoms with van der Waals surface area (Å²) in [7, 11) is -3.69. The van der Waals surface area contributed by atoms with Crippen LogP contribution in [0.1, 0.15) is 31.2 Å². The largest absolute Gasteiger partial charge is 0.481 e. The van der Waals surface area contributed by atoms with Gasteiger partial charge in [-0.3, -0.25) is 13.9 Å². The molecule has 1 amide bonds. The molecule has 2 aliphatic rings. The Labute approximate surface area is 175 Å². The molecule has 158 valence electrons. The molecule has 0 saturated heterocycles. The lowest BCUT2D eigenvalue weighted by atomic mass is 9.78. The number of benzene rings is 2. The van der Waals surface area contributed by atoms with E-state index in [1.807, 2.05) is 18.2 Å². The van der Waals surface area contributed by atoms with E-state index < -0.39 is 27.8 Å². The maximum Gasteiger partial charge on any atom is 0.307 e. The van der Waals surface area contributed by atoms with Crippen LogP contribution >= 0.6 is 0 Å². The predicted molar refractivity (Wildman–Crippen MR) is 113 cm³/mol. The van der Waals surface area contributed by atoms with Crippen molar-refractivity contribution in [1.29, 1.82) is 0 Å². The third-order valence-electron chi connectivity index (χ3n) is 5.97. The topological polar surface area (TPSA) is 104 Å². The Bertz CT molecular complexity index is 1070. The first-order chi connectivity index (χ1) is 14.4. The Hall–Kier alpha value is -2.87. The van der Waals surface area contributed by atoms with Crippen molar-refractivity contribution >= 4 is 33.3 Å². The van der Waals surface area contributed by atoms with Gasteiger partial charge in [-0.1, -0.05) is 31.0 Å². The zero-order valence-corrected chi connectivity index (χ0v) is 17.3. The van der Waals surface area contributed by atoms with E-state index in [1.54, 1.807) is 18.2 Å². The van der Waals surface area contributed by atoms with Gasteiger partial charge in [-0.05, 0) is 55.2 Å². The molecule has 2 N–H and O–H groups in total. The summed E-state index contributed by atoms with van der Waals surface area (Å²) >= 11 is 0. The standard InChI is InChI=1S/C22H24N2O5S/c25-21(18-6-2-3-7-19(18)22(26)27)23-16-9-11-17(12-10-16)30(28,29)24-14-13-15-5-1-4-8-20(15)24/h1,4-5,8-12,18-19H,2-3,6-7,13-14H2,(H,23,25)(H,26,27)/t18-,19-/m1/s1. The highest BCUT2D eigenvalue weighted by Crippen LogP contribution is 2.34. The van der Waals surface area contributed by atoms with Crippen molar-refractivity contribution in [2.75, 3.05) is 16.2 Å². The Morgan fingerprint density at radius 1 is 0.967 bits per heavy atom. The van der Waals surface area contributed by atoms with E-state index >= 15 is 0 Å². The highest BCUT2D eigenvalue weighted by molar-refractivity contribution is 7.92. The number of hydrogen-bond donors (Lipinski definition) is 2. The number of anilines is 2. The first-order valence-corrected chi connectivity index (χ1v) is 11.6. The lowest BCUT2D eigenvalue weighted by Gasteiger charge is -2.27. The third-order valence-corrected chi connectivity index (χ3v) is 7.80. The molecule has 2 aromatic carbocycles. The molecule has 2 aromatic rings. The summed E-state index contributed by atoms with van der Waals surface area (Å²) in [5.41, 5.74) is 2.16. The van der Waals surface area contributed by atoms with Gasteiger partial charge in [0.2, 0.25) is 5.91 Å². The maximum atomic E-state index is 13.1. The van der Waals surface area contributed by atoms with Crippen LogP contribution in [0.5, 0.6) is 0 Å². The van der Waals surface area contributed by atoms with Crippen LogP contribution in [0.2, 0.25) is 0 Å². The lowest BCUT2D eigenvalue weighted by Crippen LogP contribution is -2.36. The molecule has 1 aliphatic carbocycles. The summed E-state index contributed by atoms with van der Waals surface area (Å²) in [6.45, 7) is 0.401. The fourth-order valence-corrected chi connectivity index (χ4v) is 5.87. The van der Waals surface area contributed by atoms with Crippen molar-refractivity contribution in [2.24, 2.45) is 11.8 Å². The van der Waals surface area contributed by atoms with E-state index in [-0.39, 0.29) is 10.8 Å². The second-order valence-corrected chi connectivity index (χ2v) is 9.67. The van der Waals surface area contributed by atoms with Crippen molar-refractivity contribution in [3.63, 3.8) is 0 Å². The number of nitrogens with zero attached hydrogens (tertiary/aromatic N) is 1. The van der Waals surface area contributed by atoms with Gasteiger partial charge in [-0.2, -0.15) is 0 Å². The number of para-hydroxylation sites is 1. The van der Waals surface area contributed by atoms with Crippen molar-refractivity contribution in [3.8, 4) is 0 Å². The molecule has 0 bridgehead atoms. The molecular formula is C22H24N2O5S. The molecule has 8 heteroatoms. The van der Waals surface area contributed by atoms with Crippen molar-refractivity contribution in [1.82, 2.24) is 0 Å². The summed E-state index contributed by atoms with van der Waals surface area (Å²) in [6, 6.07) is 13.5. The zero-order chi connectivity index (χ0) is 21.3. The molecule has 7 nitrogen and oxygen atoms in total. The SMILES string of the molecule is O=C(O)[C@@H]1CCCC[C@H]1C(=O)Nc1ccc(S(=O)(=O)N2CCc3ccccc32)cc1. The summed E-state index contributed by atoms with van der Waals surface area (Å²) in [4.78, 5) is 24.2. The Morgan fingerprint density at radius 3 is 2.33 bits per heavy atom. The number of carboxylic acid groups (broad SMARTS) is 1. The first kappa shape index (κ1) is 20.4. The van der Waals surface area contributed by atoms with Gasteiger partial charge in [0.15, 0.2) is 0 Å². The third kappa shape index (κ3) is 3.79. The second kappa shape index (κ2) is 8.10. The van der Waals surface area contributed by atoms with E-state index in [9.17, 15) is 23.1 Å². The van der Waals surface area contributed by atoms with Crippen LogP contribution < -0.4 is 9.62 Å². The van der Waals surface area contributed by atoms with Gasteiger partial charge in [0, 0.05) is 12.2 Å². The number of carbonyl (C=O) groups excluding carboxylic acids is 1. The van der Waals surface area contributed by atoms with Gasteiger partial charge >= 0.3 is 5.97 Å². The molecule has 0 radical (unpaired) electrons. The Kier molecular flexibility index (Phi) is 5.51. The fraction of sp³-hybridized carbons (Fsp3) is 0.364. The summed E-state index contributed by atoms with van der Waals surface area (Å²) in [5, 5.41) is 12.1. The van der Waals surface area contributed by atoms with Gasteiger partial charge in [-0.25, -0.2) is 8.42 Å². The number of carbonyl (C=O) groups is 2. The molecule has 1 saturated carbocycles. The Morgan fingerprint density at radius 2 is 1.63 bits per heavy atom. The average Bonchev–Trinajstić information content (AvgIpc) is 3.19. The quantitative estimate of drug-likeness (QED) is 0.761. The van der Waals surface area contributed by atoms with Gasteiger partial charge in [0.25, 0.3) is 10.0 Å². The maximum absolute atomic E-state index is 13.1. The van der Waals surface area contributed by atoms with Crippen molar-refractivity contribution < 1.29 is 23.1 Å². The smallest absolute Gasteiger partial charge is 0.307 e. The monoisotopic (exact) mass is 428 g/mol. The minimum absolute atomic E-state index is 0.151. The number of nitrogens with one attached hydrogen (secondary N) is 1. The molecular weight excluding hydrogens is 404 g/mol. The van der Waals surface area contributed by atoms with Gasteiger partial charge in [0.1, 0.15) is 0 Å². The van der Waals surface area contributed by atoms with Crippen molar-refractivity contribution in [3.05, 3.63) is 54.1 Å². The van der Waals surface area contributed by atoms with Crippen LogP contribution in [-0.4, -0.2) is 31.9 Å². The van der Waals surface area contributed by atoms with Gasteiger partial charge in [0.05, 0.1) is 22.4 Å². The zero-order valence-electron chi connectivity index (χ0n) is 16.5. The lowest BCUT2D eigenvalue weighted by molar-refractivity contribution is -0.147. The van der Waals surface area contributed by atoms with Crippen LogP contribution in [0.15, 0.2) is 53.4 Å². The van der Waals surface area contributed by atoms with E-state index in [0.29, 0.717) is 37.2 Å². The average molecular weight is 429 g/mol. The number of carboxylic acids is 1. The van der Waals surface area contributed by atoms with Gasteiger partial charge < -0.3 is 10.4 Å². The Balaban J connectivity index is 1.49. The summed E-state index contributed by atoms with van der Waals surface area (Å²) < 4.78 is 27.6. The predicted octanol–water partition coefficient (Wildman–Crippen LogP) is 3.27. The molecule has 1 aliphatic heterocycles. The van der Waals surface area contributed by atoms with E-state index in [2.05, 4.69) is 5.32 Å². The van der Waals surface area contributed by atoms with E-state index in [1.165, 1.54) is 16.4 Å². The van der Waals surface area contributed by atoms with Crippen LogP contribution in [0.25, 0.3) is 0 Å².